The van der Waals surface area contributed by atoms with Crippen LogP contribution < -0.4 is 10.2 Å². The number of furan rings is 1. The Morgan fingerprint density at radius 3 is 2.48 bits per heavy atom. The highest BCUT2D eigenvalue weighted by Gasteiger charge is 2.10. The number of rotatable bonds is 5. The molecule has 0 bridgehead atoms. The van der Waals surface area contributed by atoms with Gasteiger partial charge in [0.1, 0.15) is 23.0 Å². The first-order chi connectivity index (χ1) is 10.9. The lowest BCUT2D eigenvalue weighted by atomic mass is 10.2. The van der Waals surface area contributed by atoms with E-state index in [4.69, 9.17) is 9.15 Å². The molecule has 0 aliphatic heterocycles. The molecule has 0 aliphatic carbocycles. The first-order valence-electron chi connectivity index (χ1n) is 6.85. The minimum atomic E-state index is -0.355. The largest absolute Gasteiger partial charge is 0.481 e. The molecular weight excluding hydrogens is 428 g/mol. The first-order valence-corrected chi connectivity index (χ1v) is 8.44. The van der Waals surface area contributed by atoms with Gasteiger partial charge in [0.2, 0.25) is 0 Å². The van der Waals surface area contributed by atoms with Crippen molar-refractivity contribution in [2.45, 2.75) is 20.8 Å². The molecule has 0 aliphatic rings. The minimum Gasteiger partial charge on any atom is -0.481 e. The van der Waals surface area contributed by atoms with Crippen LogP contribution in [0, 0.1) is 13.8 Å². The molecule has 0 atom stereocenters. The van der Waals surface area contributed by atoms with Crippen LogP contribution >= 0.6 is 31.9 Å². The van der Waals surface area contributed by atoms with Gasteiger partial charge >= 0.3 is 0 Å². The van der Waals surface area contributed by atoms with Crippen molar-refractivity contribution in [2.24, 2.45) is 5.10 Å². The lowest BCUT2D eigenvalue weighted by Gasteiger charge is -2.10. The molecule has 1 aromatic carbocycles. The summed E-state index contributed by atoms with van der Waals surface area (Å²) in [7, 11) is 0. The number of carbonyl (C=O) groups excluding carboxylic acids is 1. The highest BCUT2D eigenvalue weighted by Crippen LogP contribution is 2.34. The molecule has 1 N–H and O–H groups in total. The molecule has 0 saturated heterocycles. The summed E-state index contributed by atoms with van der Waals surface area (Å²) in [6.07, 6.45) is 0. The number of ether oxygens (including phenoxy) is 1. The topological polar surface area (TPSA) is 63.8 Å². The first kappa shape index (κ1) is 17.7. The smallest absolute Gasteiger partial charge is 0.277 e. The predicted molar refractivity (Wildman–Crippen MR) is 95.9 cm³/mol. The van der Waals surface area contributed by atoms with Gasteiger partial charge in [-0.1, -0.05) is 0 Å². The zero-order valence-corrected chi connectivity index (χ0v) is 16.1. The van der Waals surface area contributed by atoms with Crippen LogP contribution in [0.3, 0.4) is 0 Å². The van der Waals surface area contributed by atoms with E-state index in [0.717, 1.165) is 20.3 Å². The van der Waals surface area contributed by atoms with Crippen molar-refractivity contribution in [3.63, 3.8) is 0 Å². The summed E-state index contributed by atoms with van der Waals surface area (Å²) in [5.41, 5.74) is 4.11. The maximum absolute atomic E-state index is 11.8. The second-order valence-electron chi connectivity index (χ2n) is 4.99. The van der Waals surface area contributed by atoms with Crippen LogP contribution in [0.4, 0.5) is 0 Å². The third kappa shape index (κ3) is 4.94. The average Bonchev–Trinajstić information content (AvgIpc) is 2.90. The summed E-state index contributed by atoms with van der Waals surface area (Å²) < 4.78 is 12.5. The lowest BCUT2D eigenvalue weighted by Crippen LogP contribution is -2.25. The van der Waals surface area contributed by atoms with E-state index in [0.29, 0.717) is 17.2 Å². The molecule has 2 rings (SSSR count). The monoisotopic (exact) mass is 442 g/mol. The van der Waals surface area contributed by atoms with E-state index in [2.05, 4.69) is 42.4 Å². The van der Waals surface area contributed by atoms with Gasteiger partial charge in [0.15, 0.2) is 6.61 Å². The van der Waals surface area contributed by atoms with Gasteiger partial charge in [0, 0.05) is 0 Å². The van der Waals surface area contributed by atoms with Crippen LogP contribution in [-0.4, -0.2) is 18.2 Å². The molecule has 7 heteroatoms. The summed E-state index contributed by atoms with van der Waals surface area (Å²) in [6, 6.07) is 7.47. The Hall–Kier alpha value is -1.60. The van der Waals surface area contributed by atoms with Crippen molar-refractivity contribution < 1.29 is 13.9 Å². The van der Waals surface area contributed by atoms with Gasteiger partial charge in [-0.25, -0.2) is 5.43 Å². The number of nitrogens with one attached hydrogen (secondary N) is 1. The zero-order valence-electron chi connectivity index (χ0n) is 12.9. The Morgan fingerprint density at radius 2 is 1.91 bits per heavy atom. The van der Waals surface area contributed by atoms with Crippen LogP contribution in [0.5, 0.6) is 5.75 Å². The number of aryl methyl sites for hydroxylation is 2. The van der Waals surface area contributed by atoms with Crippen molar-refractivity contribution in [3.8, 4) is 5.75 Å². The fourth-order valence-corrected chi connectivity index (χ4v) is 3.47. The second kappa shape index (κ2) is 7.79. The maximum Gasteiger partial charge on any atom is 0.277 e. The molecule has 0 spiro atoms. The highest BCUT2D eigenvalue weighted by atomic mass is 79.9. The van der Waals surface area contributed by atoms with Gasteiger partial charge in [-0.2, -0.15) is 5.10 Å². The van der Waals surface area contributed by atoms with Crippen LogP contribution in [0.15, 0.2) is 42.7 Å². The van der Waals surface area contributed by atoms with E-state index in [1.54, 1.807) is 13.0 Å². The Kier molecular flexibility index (Phi) is 6.01. The molecule has 0 fully saturated rings. The number of carbonyl (C=O) groups is 1. The fraction of sp³-hybridized carbons (Fsp3) is 0.250. The zero-order chi connectivity index (χ0) is 17.0. The van der Waals surface area contributed by atoms with Crippen molar-refractivity contribution in [2.75, 3.05) is 6.61 Å². The SMILES string of the molecule is CC(=NNC(=O)COc1c(Br)cc(C)cc1Br)c1ccc(C)o1. The van der Waals surface area contributed by atoms with Crippen molar-refractivity contribution >= 4 is 43.5 Å². The molecule has 23 heavy (non-hydrogen) atoms. The second-order valence-corrected chi connectivity index (χ2v) is 6.70. The van der Waals surface area contributed by atoms with Gasteiger partial charge < -0.3 is 9.15 Å². The molecule has 1 aromatic heterocycles. The molecule has 1 heterocycles. The third-order valence-electron chi connectivity index (χ3n) is 2.94. The van der Waals surface area contributed by atoms with E-state index in [1.807, 2.05) is 32.0 Å². The van der Waals surface area contributed by atoms with Gasteiger partial charge in [-0.15, -0.1) is 0 Å². The van der Waals surface area contributed by atoms with E-state index in [9.17, 15) is 4.79 Å². The van der Waals surface area contributed by atoms with Gasteiger partial charge in [0.25, 0.3) is 5.91 Å². The Bertz CT molecular complexity index is 731. The molecule has 1 amide bonds. The molecule has 122 valence electrons. The Balaban J connectivity index is 1.93. The fourth-order valence-electron chi connectivity index (χ4n) is 1.82. The summed E-state index contributed by atoms with van der Waals surface area (Å²) in [6.45, 7) is 5.43. The quantitative estimate of drug-likeness (QED) is 0.552. The predicted octanol–water partition coefficient (Wildman–Crippen LogP) is 4.34. The van der Waals surface area contributed by atoms with Crippen molar-refractivity contribution in [1.82, 2.24) is 5.43 Å². The average molecular weight is 444 g/mol. The third-order valence-corrected chi connectivity index (χ3v) is 4.11. The maximum atomic E-state index is 11.8. The van der Waals surface area contributed by atoms with E-state index in [-0.39, 0.29) is 12.5 Å². The normalized spacial score (nSPS) is 11.4. The van der Waals surface area contributed by atoms with Gasteiger partial charge in [-0.05, 0) is 82.5 Å². The van der Waals surface area contributed by atoms with Crippen LogP contribution in [0.1, 0.15) is 24.0 Å². The standard InChI is InChI=1S/C16H16Br2N2O3/c1-9-6-12(17)16(13(18)7-9)22-8-15(21)20-19-11(3)14-5-4-10(2)23-14/h4-7H,8H2,1-3H3,(H,20,21). The molecular formula is C16H16Br2N2O3. The summed E-state index contributed by atoms with van der Waals surface area (Å²) in [4.78, 5) is 11.8. The number of hydrogen-bond donors (Lipinski definition) is 1. The van der Waals surface area contributed by atoms with Crippen LogP contribution in [-0.2, 0) is 4.79 Å². The van der Waals surface area contributed by atoms with E-state index < -0.39 is 0 Å². The molecule has 0 unspecified atom stereocenters. The van der Waals surface area contributed by atoms with E-state index in [1.165, 1.54) is 0 Å². The number of amides is 1. The lowest BCUT2D eigenvalue weighted by molar-refractivity contribution is -0.123. The van der Waals surface area contributed by atoms with Crippen molar-refractivity contribution in [1.29, 1.82) is 0 Å². The minimum absolute atomic E-state index is 0.145. The number of halogens is 2. The molecule has 2 aromatic rings. The summed E-state index contributed by atoms with van der Waals surface area (Å²) in [5.74, 6) is 1.63. The molecule has 5 nitrogen and oxygen atoms in total. The molecule has 0 radical (unpaired) electrons. The van der Waals surface area contributed by atoms with Crippen LogP contribution in [0.25, 0.3) is 0 Å². The number of hydrogen-bond acceptors (Lipinski definition) is 4. The highest BCUT2D eigenvalue weighted by molar-refractivity contribution is 9.11. The summed E-state index contributed by atoms with van der Waals surface area (Å²) in [5, 5.41) is 4.00. The van der Waals surface area contributed by atoms with Gasteiger partial charge in [-0.3, -0.25) is 4.79 Å². The number of nitrogens with zero attached hydrogens (tertiary/aromatic N) is 1. The number of benzene rings is 1. The van der Waals surface area contributed by atoms with Crippen LogP contribution in [0.2, 0.25) is 0 Å². The summed E-state index contributed by atoms with van der Waals surface area (Å²) >= 11 is 6.83. The number of hydrazone groups is 1. The Morgan fingerprint density at radius 1 is 1.26 bits per heavy atom. The molecule has 0 saturated carbocycles. The van der Waals surface area contributed by atoms with E-state index >= 15 is 0 Å². The van der Waals surface area contributed by atoms with Gasteiger partial charge in [0.05, 0.1) is 8.95 Å². The Labute approximate surface area is 151 Å². The van der Waals surface area contributed by atoms with Crippen molar-refractivity contribution in [3.05, 3.63) is 50.3 Å².